The highest BCUT2D eigenvalue weighted by molar-refractivity contribution is 6.35. The summed E-state index contributed by atoms with van der Waals surface area (Å²) in [6.45, 7) is 1.52. The lowest BCUT2D eigenvalue weighted by Crippen LogP contribution is -2.42. The van der Waals surface area contributed by atoms with Crippen LogP contribution in [0, 0.1) is 11.7 Å². The number of ether oxygens (including phenoxy) is 2. The van der Waals surface area contributed by atoms with Gasteiger partial charge in [0.1, 0.15) is 30.5 Å². The van der Waals surface area contributed by atoms with Crippen LogP contribution in [0.2, 0.25) is 10.0 Å². The third-order valence-corrected chi connectivity index (χ3v) is 6.50. The Morgan fingerprint density at radius 3 is 2.54 bits per heavy atom. The van der Waals surface area contributed by atoms with Crippen molar-refractivity contribution in [3.8, 4) is 11.5 Å². The highest BCUT2D eigenvalue weighted by Gasteiger charge is 2.28. The van der Waals surface area contributed by atoms with Crippen molar-refractivity contribution in [2.75, 3.05) is 31.2 Å². The first-order valence-corrected chi connectivity index (χ1v) is 12.3. The summed E-state index contributed by atoms with van der Waals surface area (Å²) >= 11 is 12.0. The van der Waals surface area contributed by atoms with Crippen LogP contribution in [0.25, 0.3) is 0 Å². The summed E-state index contributed by atoms with van der Waals surface area (Å²) in [5, 5.41) is 1.000. The molecule has 8 heteroatoms. The van der Waals surface area contributed by atoms with E-state index in [9.17, 15) is 9.18 Å². The zero-order chi connectivity index (χ0) is 24.8. The topological polar surface area (TPSA) is 64.8 Å². The van der Waals surface area contributed by atoms with Gasteiger partial charge in [0.25, 0.3) is 0 Å². The number of fused-ring (bicyclic) bond motifs is 1. The summed E-state index contributed by atoms with van der Waals surface area (Å²) in [7, 11) is 0. The second-order valence-electron chi connectivity index (χ2n) is 8.42. The normalized spacial score (nSPS) is 13.8. The van der Waals surface area contributed by atoms with Crippen molar-refractivity contribution in [3.05, 3.63) is 87.7 Å². The summed E-state index contributed by atoms with van der Waals surface area (Å²) in [5.74, 6) is 0.570. The number of rotatable bonds is 9. The van der Waals surface area contributed by atoms with Crippen LogP contribution in [0.15, 0.2) is 60.7 Å². The number of nitrogens with two attached hydrogens (primary N) is 1. The molecular formula is C27H27Cl2FN2O3. The largest absolute Gasteiger partial charge is 0.490 e. The van der Waals surface area contributed by atoms with Crippen LogP contribution in [-0.4, -0.2) is 32.2 Å². The molecule has 0 aromatic heterocycles. The van der Waals surface area contributed by atoms with Gasteiger partial charge in [-0.3, -0.25) is 4.79 Å². The molecule has 1 unspecified atom stereocenters. The van der Waals surface area contributed by atoms with Gasteiger partial charge in [0.15, 0.2) is 0 Å². The van der Waals surface area contributed by atoms with Gasteiger partial charge < -0.3 is 20.1 Å². The van der Waals surface area contributed by atoms with Gasteiger partial charge >= 0.3 is 0 Å². The number of carbonyl (C=O) groups is 1. The van der Waals surface area contributed by atoms with E-state index in [2.05, 4.69) is 0 Å². The molecule has 0 saturated heterocycles. The number of aryl methyl sites for hydroxylation is 1. The molecule has 1 amide bonds. The molecule has 5 nitrogen and oxygen atoms in total. The molecular weight excluding hydrogens is 490 g/mol. The Morgan fingerprint density at radius 1 is 1.03 bits per heavy atom. The quantitative estimate of drug-likeness (QED) is 0.371. The second kappa shape index (κ2) is 11.8. The Kier molecular flexibility index (Phi) is 8.50. The highest BCUT2D eigenvalue weighted by Crippen LogP contribution is 2.30. The smallest absolute Gasteiger partial charge is 0.231 e. The third kappa shape index (κ3) is 6.45. The molecule has 1 atom stereocenters. The molecule has 1 aliphatic heterocycles. The number of amides is 1. The molecule has 184 valence electrons. The van der Waals surface area contributed by atoms with E-state index < -0.39 is 0 Å². The summed E-state index contributed by atoms with van der Waals surface area (Å²) in [5.41, 5.74) is 8.62. The van der Waals surface area contributed by atoms with Gasteiger partial charge in [-0.1, -0.05) is 35.3 Å². The molecule has 0 radical (unpaired) electrons. The van der Waals surface area contributed by atoms with E-state index in [-0.39, 0.29) is 24.2 Å². The molecule has 0 aliphatic carbocycles. The number of halogens is 3. The number of hydrogen-bond donors (Lipinski definition) is 1. The van der Waals surface area contributed by atoms with E-state index in [1.807, 2.05) is 24.3 Å². The molecule has 3 aromatic rings. The second-order valence-corrected chi connectivity index (χ2v) is 9.26. The molecule has 0 spiro atoms. The molecule has 0 saturated carbocycles. The predicted octanol–water partition coefficient (Wildman–Crippen LogP) is 5.69. The van der Waals surface area contributed by atoms with Crippen LogP contribution in [-0.2, 0) is 17.6 Å². The van der Waals surface area contributed by atoms with E-state index in [4.69, 9.17) is 38.4 Å². The summed E-state index contributed by atoms with van der Waals surface area (Å²) < 4.78 is 25.0. The van der Waals surface area contributed by atoms with Gasteiger partial charge in [0.2, 0.25) is 5.91 Å². The average molecular weight is 517 g/mol. The maximum Gasteiger partial charge on any atom is 0.231 e. The fourth-order valence-corrected chi connectivity index (χ4v) is 4.66. The van der Waals surface area contributed by atoms with Crippen molar-refractivity contribution in [1.82, 2.24) is 0 Å². The van der Waals surface area contributed by atoms with Gasteiger partial charge in [-0.2, -0.15) is 0 Å². The summed E-state index contributed by atoms with van der Waals surface area (Å²) in [4.78, 5) is 15.0. The minimum Gasteiger partial charge on any atom is -0.490 e. The van der Waals surface area contributed by atoms with Gasteiger partial charge in [0.05, 0.1) is 10.9 Å². The van der Waals surface area contributed by atoms with Crippen molar-refractivity contribution < 1.29 is 18.7 Å². The Morgan fingerprint density at radius 2 is 1.80 bits per heavy atom. The predicted molar refractivity (Wildman–Crippen MR) is 137 cm³/mol. The average Bonchev–Trinajstić information content (AvgIpc) is 2.86. The van der Waals surface area contributed by atoms with Gasteiger partial charge in [0, 0.05) is 23.8 Å². The molecule has 0 fully saturated rings. The van der Waals surface area contributed by atoms with Crippen LogP contribution >= 0.6 is 23.2 Å². The minimum atomic E-state index is -0.365. The first kappa shape index (κ1) is 25.3. The van der Waals surface area contributed by atoms with E-state index in [1.165, 1.54) is 12.1 Å². The van der Waals surface area contributed by atoms with E-state index in [1.54, 1.807) is 29.2 Å². The molecule has 1 aliphatic rings. The number of anilines is 1. The molecule has 4 rings (SSSR count). The van der Waals surface area contributed by atoms with E-state index in [0.29, 0.717) is 47.7 Å². The lowest BCUT2D eigenvalue weighted by atomic mass is 9.95. The monoisotopic (exact) mass is 516 g/mol. The SMILES string of the molecule is NCC(Cc1ccc(OCCOc2ccc(Cl)cc2Cl)cc1)C(=O)N1CCCc2cc(F)ccc21. The van der Waals surface area contributed by atoms with Crippen LogP contribution in [0.5, 0.6) is 11.5 Å². The maximum atomic E-state index is 13.6. The van der Waals surface area contributed by atoms with Crippen molar-refractivity contribution in [1.29, 1.82) is 0 Å². The van der Waals surface area contributed by atoms with E-state index >= 15 is 0 Å². The van der Waals surface area contributed by atoms with Crippen LogP contribution in [0.1, 0.15) is 17.5 Å². The van der Waals surface area contributed by atoms with Crippen LogP contribution in [0.3, 0.4) is 0 Å². The number of carbonyl (C=O) groups excluding carboxylic acids is 1. The lowest BCUT2D eigenvalue weighted by molar-refractivity contribution is -0.122. The first-order chi connectivity index (χ1) is 16.9. The highest BCUT2D eigenvalue weighted by atomic mass is 35.5. The Bertz CT molecular complexity index is 1170. The minimum absolute atomic E-state index is 0.0293. The molecule has 1 heterocycles. The van der Waals surface area contributed by atoms with Crippen molar-refractivity contribution >= 4 is 34.8 Å². The van der Waals surface area contributed by atoms with Gasteiger partial charge in [-0.25, -0.2) is 4.39 Å². The van der Waals surface area contributed by atoms with Crippen LogP contribution in [0.4, 0.5) is 10.1 Å². The fraction of sp³-hybridized carbons (Fsp3) is 0.296. The van der Waals surface area contributed by atoms with Crippen molar-refractivity contribution in [2.24, 2.45) is 11.7 Å². The lowest BCUT2D eigenvalue weighted by Gasteiger charge is -2.32. The Hall–Kier alpha value is -2.80. The number of hydrogen-bond acceptors (Lipinski definition) is 4. The molecule has 2 N–H and O–H groups in total. The molecule has 3 aromatic carbocycles. The maximum absolute atomic E-state index is 13.6. The third-order valence-electron chi connectivity index (χ3n) is 5.97. The molecule has 35 heavy (non-hydrogen) atoms. The fourth-order valence-electron chi connectivity index (χ4n) is 4.20. The number of nitrogens with zero attached hydrogens (tertiary/aromatic N) is 1. The zero-order valence-electron chi connectivity index (χ0n) is 19.2. The van der Waals surface area contributed by atoms with Gasteiger partial charge in [-0.15, -0.1) is 0 Å². The van der Waals surface area contributed by atoms with E-state index in [0.717, 1.165) is 29.7 Å². The molecule has 0 bridgehead atoms. The zero-order valence-corrected chi connectivity index (χ0v) is 20.7. The number of benzene rings is 3. The van der Waals surface area contributed by atoms with Crippen LogP contribution < -0.4 is 20.1 Å². The standard InChI is InChI=1S/C27H27Cl2FN2O3/c28-21-5-10-26(24(29)16-21)35-13-12-34-23-7-3-18(4-8-23)14-20(17-31)27(33)32-11-1-2-19-15-22(30)6-9-25(19)32/h3-10,15-16,20H,1-2,11-14,17,31H2. The summed E-state index contributed by atoms with van der Waals surface area (Å²) in [6, 6.07) is 17.2. The van der Waals surface area contributed by atoms with Crippen molar-refractivity contribution in [2.45, 2.75) is 19.3 Å². The summed E-state index contributed by atoms with van der Waals surface area (Å²) in [6.07, 6.45) is 2.09. The Balaban J connectivity index is 1.31. The van der Waals surface area contributed by atoms with Gasteiger partial charge in [-0.05, 0) is 78.9 Å². The first-order valence-electron chi connectivity index (χ1n) is 11.5. The Labute approximate surface area is 214 Å². The van der Waals surface area contributed by atoms with Crippen molar-refractivity contribution in [3.63, 3.8) is 0 Å².